The summed E-state index contributed by atoms with van der Waals surface area (Å²) in [6, 6.07) is 0. The SMILES string of the molecule is CN(C(=O)C(C(F)(F)F)C(F)(F)F)C(C)(C)C(=O)O. The van der Waals surface area contributed by atoms with E-state index in [1.807, 2.05) is 0 Å². The molecule has 0 saturated carbocycles. The normalized spacial score (nSPS) is 13.6. The van der Waals surface area contributed by atoms with Crippen LogP contribution in [0.25, 0.3) is 0 Å². The molecule has 0 aromatic carbocycles. The molecular weight excluding hydrogens is 284 g/mol. The summed E-state index contributed by atoms with van der Waals surface area (Å²) in [6.07, 6.45) is -11.7. The number of aliphatic carboxylic acids is 1. The average molecular weight is 295 g/mol. The van der Waals surface area contributed by atoms with Crippen LogP contribution in [-0.2, 0) is 9.59 Å². The maximum absolute atomic E-state index is 12.3. The minimum atomic E-state index is -5.85. The first kappa shape index (κ1) is 17.5. The number of likely N-dealkylation sites (N-methyl/N-ethyl adjacent to an activating group) is 1. The first-order valence-electron chi connectivity index (χ1n) is 4.78. The fraction of sp³-hybridized carbons (Fsp3) is 0.778. The molecule has 0 fully saturated rings. The van der Waals surface area contributed by atoms with Gasteiger partial charge in [-0.3, -0.25) is 4.79 Å². The molecule has 0 aliphatic rings. The highest BCUT2D eigenvalue weighted by molar-refractivity contribution is 5.88. The Balaban J connectivity index is 5.54. The summed E-state index contributed by atoms with van der Waals surface area (Å²) in [6.45, 7) is 1.63. The highest BCUT2D eigenvalue weighted by Crippen LogP contribution is 2.41. The van der Waals surface area contributed by atoms with Gasteiger partial charge in [0.15, 0.2) is 0 Å². The minimum Gasteiger partial charge on any atom is -0.480 e. The molecule has 0 radical (unpaired) electrons. The lowest BCUT2D eigenvalue weighted by Crippen LogP contribution is -2.57. The van der Waals surface area contributed by atoms with Crippen LogP contribution in [0.15, 0.2) is 0 Å². The molecule has 10 heteroatoms. The van der Waals surface area contributed by atoms with Crippen molar-refractivity contribution in [1.29, 1.82) is 0 Å². The molecule has 0 heterocycles. The van der Waals surface area contributed by atoms with E-state index in [0.717, 1.165) is 13.8 Å². The fourth-order valence-corrected chi connectivity index (χ4v) is 1.08. The molecule has 0 unspecified atom stereocenters. The third kappa shape index (κ3) is 3.74. The molecule has 0 bridgehead atoms. The van der Waals surface area contributed by atoms with E-state index in [1.165, 1.54) is 0 Å². The monoisotopic (exact) mass is 295 g/mol. The Kier molecular flexibility index (Phi) is 4.51. The Bertz CT molecular complexity index is 359. The number of hydrogen-bond donors (Lipinski definition) is 1. The van der Waals surface area contributed by atoms with E-state index >= 15 is 0 Å². The van der Waals surface area contributed by atoms with Gasteiger partial charge in [-0.1, -0.05) is 0 Å². The van der Waals surface area contributed by atoms with Crippen molar-refractivity contribution in [2.24, 2.45) is 5.92 Å². The second-order valence-corrected chi connectivity index (χ2v) is 4.28. The number of carboxylic acids is 1. The van der Waals surface area contributed by atoms with Crippen LogP contribution in [0.3, 0.4) is 0 Å². The summed E-state index contributed by atoms with van der Waals surface area (Å²) in [5.74, 6) is -8.34. The lowest BCUT2D eigenvalue weighted by molar-refractivity contribution is -0.278. The molecule has 0 aliphatic carbocycles. The van der Waals surface area contributed by atoms with E-state index in [9.17, 15) is 35.9 Å². The van der Waals surface area contributed by atoms with Gasteiger partial charge in [-0.2, -0.15) is 26.3 Å². The van der Waals surface area contributed by atoms with E-state index in [1.54, 1.807) is 0 Å². The number of carbonyl (C=O) groups excluding carboxylic acids is 1. The molecule has 0 spiro atoms. The highest BCUT2D eigenvalue weighted by Gasteiger charge is 2.62. The van der Waals surface area contributed by atoms with Crippen LogP contribution in [0, 0.1) is 5.92 Å². The summed E-state index contributed by atoms with van der Waals surface area (Å²) in [5.41, 5.74) is -2.20. The van der Waals surface area contributed by atoms with Gasteiger partial charge in [0.25, 0.3) is 0 Å². The summed E-state index contributed by atoms with van der Waals surface area (Å²) in [7, 11) is 0.570. The number of halogens is 6. The van der Waals surface area contributed by atoms with Gasteiger partial charge in [0.2, 0.25) is 11.8 Å². The maximum atomic E-state index is 12.3. The molecule has 0 aliphatic heterocycles. The summed E-state index contributed by atoms with van der Waals surface area (Å²) >= 11 is 0. The first-order valence-corrected chi connectivity index (χ1v) is 4.78. The Morgan fingerprint density at radius 1 is 1.00 bits per heavy atom. The maximum Gasteiger partial charge on any atom is 0.409 e. The average Bonchev–Trinajstić information content (AvgIpc) is 2.11. The van der Waals surface area contributed by atoms with Crippen LogP contribution in [0.2, 0.25) is 0 Å². The zero-order chi connectivity index (χ0) is 15.8. The van der Waals surface area contributed by atoms with E-state index in [0.29, 0.717) is 7.05 Å². The van der Waals surface area contributed by atoms with Crippen molar-refractivity contribution >= 4 is 11.9 Å². The zero-order valence-electron chi connectivity index (χ0n) is 10.1. The molecule has 0 atom stereocenters. The number of carboxylic acid groups (broad SMARTS) is 1. The van der Waals surface area contributed by atoms with Gasteiger partial charge in [-0.15, -0.1) is 0 Å². The molecule has 1 N–H and O–H groups in total. The Morgan fingerprint density at radius 3 is 1.53 bits per heavy atom. The fourth-order valence-electron chi connectivity index (χ4n) is 1.08. The third-order valence-electron chi connectivity index (χ3n) is 2.59. The van der Waals surface area contributed by atoms with Crippen LogP contribution in [0.4, 0.5) is 26.3 Å². The molecule has 0 saturated heterocycles. The topological polar surface area (TPSA) is 57.6 Å². The van der Waals surface area contributed by atoms with Crippen molar-refractivity contribution in [2.75, 3.05) is 7.05 Å². The van der Waals surface area contributed by atoms with Crippen molar-refractivity contribution in [2.45, 2.75) is 31.7 Å². The van der Waals surface area contributed by atoms with E-state index in [-0.39, 0.29) is 4.90 Å². The number of nitrogens with zero attached hydrogens (tertiary/aromatic N) is 1. The highest BCUT2D eigenvalue weighted by atomic mass is 19.4. The smallest absolute Gasteiger partial charge is 0.409 e. The Labute approximate surface area is 104 Å². The number of hydrogen-bond acceptors (Lipinski definition) is 2. The van der Waals surface area contributed by atoms with Crippen LogP contribution in [-0.4, -0.2) is 46.8 Å². The lowest BCUT2D eigenvalue weighted by atomic mass is 9.99. The molecule has 112 valence electrons. The molecule has 19 heavy (non-hydrogen) atoms. The van der Waals surface area contributed by atoms with Gasteiger partial charge in [-0.05, 0) is 13.8 Å². The quantitative estimate of drug-likeness (QED) is 0.811. The van der Waals surface area contributed by atoms with Gasteiger partial charge in [-0.25, -0.2) is 4.79 Å². The van der Waals surface area contributed by atoms with Gasteiger partial charge in [0, 0.05) is 7.05 Å². The zero-order valence-corrected chi connectivity index (χ0v) is 10.1. The van der Waals surface area contributed by atoms with Gasteiger partial charge < -0.3 is 10.0 Å². The summed E-state index contributed by atoms with van der Waals surface area (Å²) < 4.78 is 73.8. The van der Waals surface area contributed by atoms with Crippen LogP contribution in [0.5, 0.6) is 0 Å². The van der Waals surface area contributed by atoms with Gasteiger partial charge in [0.05, 0.1) is 0 Å². The van der Waals surface area contributed by atoms with E-state index < -0.39 is 35.7 Å². The molecule has 0 rings (SSSR count). The Morgan fingerprint density at radius 2 is 1.32 bits per heavy atom. The van der Waals surface area contributed by atoms with E-state index in [2.05, 4.69) is 0 Å². The molecule has 4 nitrogen and oxygen atoms in total. The summed E-state index contributed by atoms with van der Waals surface area (Å²) in [5, 5.41) is 8.69. The standard InChI is InChI=1S/C9H11F6NO3/c1-7(2,6(18)19)16(3)5(17)4(8(10,11)12)9(13,14)15/h4H,1-3H3,(H,18,19). The molecular formula is C9H11F6NO3. The first-order chi connectivity index (χ1) is 8.13. The predicted molar refractivity (Wildman–Crippen MR) is 50.1 cm³/mol. The molecule has 0 aromatic rings. The van der Waals surface area contributed by atoms with Crippen molar-refractivity contribution in [3.05, 3.63) is 0 Å². The number of alkyl halides is 6. The van der Waals surface area contributed by atoms with Gasteiger partial charge in [0.1, 0.15) is 5.54 Å². The van der Waals surface area contributed by atoms with Crippen molar-refractivity contribution in [1.82, 2.24) is 4.90 Å². The van der Waals surface area contributed by atoms with Crippen molar-refractivity contribution in [3.8, 4) is 0 Å². The second kappa shape index (κ2) is 4.89. The molecule has 0 aromatic heterocycles. The summed E-state index contributed by atoms with van der Waals surface area (Å²) in [4.78, 5) is 22.0. The third-order valence-corrected chi connectivity index (χ3v) is 2.59. The van der Waals surface area contributed by atoms with E-state index in [4.69, 9.17) is 5.11 Å². The number of carbonyl (C=O) groups is 2. The number of rotatable bonds is 3. The lowest BCUT2D eigenvalue weighted by Gasteiger charge is -2.35. The van der Waals surface area contributed by atoms with Crippen LogP contribution >= 0.6 is 0 Å². The van der Waals surface area contributed by atoms with Crippen LogP contribution in [0.1, 0.15) is 13.8 Å². The number of amides is 1. The van der Waals surface area contributed by atoms with Crippen LogP contribution < -0.4 is 0 Å². The largest absolute Gasteiger partial charge is 0.480 e. The second-order valence-electron chi connectivity index (χ2n) is 4.28. The van der Waals surface area contributed by atoms with Crippen molar-refractivity contribution < 1.29 is 41.0 Å². The predicted octanol–water partition coefficient (Wildman–Crippen LogP) is 2.05. The molecule has 1 amide bonds. The van der Waals surface area contributed by atoms with Gasteiger partial charge >= 0.3 is 18.3 Å². The Hall–Kier alpha value is -1.48. The van der Waals surface area contributed by atoms with Crippen molar-refractivity contribution in [3.63, 3.8) is 0 Å². The minimum absolute atomic E-state index is 0.0824.